The van der Waals surface area contributed by atoms with Gasteiger partial charge >= 0.3 is 0 Å². The van der Waals surface area contributed by atoms with Crippen LogP contribution in [0.1, 0.15) is 16.7 Å². The van der Waals surface area contributed by atoms with Gasteiger partial charge in [-0.1, -0.05) is 23.8 Å². The van der Waals surface area contributed by atoms with E-state index in [4.69, 9.17) is 9.47 Å². The van der Waals surface area contributed by atoms with Crippen LogP contribution in [0.15, 0.2) is 36.4 Å². The third kappa shape index (κ3) is 3.23. The number of ether oxygens (including phenoxy) is 2. The molecule has 0 aromatic heterocycles. The van der Waals surface area contributed by atoms with Crippen molar-refractivity contribution in [2.45, 2.75) is 20.4 Å². The van der Waals surface area contributed by atoms with Gasteiger partial charge in [0.15, 0.2) is 11.5 Å². The molecule has 2 aromatic rings. The van der Waals surface area contributed by atoms with E-state index in [-0.39, 0.29) is 0 Å². The fourth-order valence-corrected chi connectivity index (χ4v) is 2.13. The molecule has 0 saturated carbocycles. The molecule has 0 spiro atoms. The molecule has 106 valence electrons. The van der Waals surface area contributed by atoms with E-state index in [0.29, 0.717) is 0 Å². The Balaban J connectivity index is 2.12. The van der Waals surface area contributed by atoms with Gasteiger partial charge in [0.1, 0.15) is 0 Å². The summed E-state index contributed by atoms with van der Waals surface area (Å²) in [6, 6.07) is 12.3. The first kappa shape index (κ1) is 14.3. The summed E-state index contributed by atoms with van der Waals surface area (Å²) in [6.45, 7) is 5.04. The lowest BCUT2D eigenvalue weighted by Crippen LogP contribution is -2.02. The second-order valence-electron chi connectivity index (χ2n) is 4.85. The zero-order valence-corrected chi connectivity index (χ0v) is 12.5. The highest BCUT2D eigenvalue weighted by Gasteiger charge is 2.05. The first-order valence-corrected chi connectivity index (χ1v) is 6.66. The molecule has 20 heavy (non-hydrogen) atoms. The summed E-state index contributed by atoms with van der Waals surface area (Å²) in [5.74, 6) is 1.48. The minimum atomic E-state index is 0.735. The van der Waals surface area contributed by atoms with E-state index in [1.165, 1.54) is 16.7 Å². The summed E-state index contributed by atoms with van der Waals surface area (Å²) in [4.78, 5) is 0. The van der Waals surface area contributed by atoms with Crippen molar-refractivity contribution >= 4 is 5.69 Å². The Bertz CT molecular complexity index is 594. The molecular formula is C17H21NO2. The van der Waals surface area contributed by atoms with E-state index in [1.54, 1.807) is 14.2 Å². The molecule has 0 unspecified atom stereocenters. The van der Waals surface area contributed by atoms with Crippen molar-refractivity contribution in [2.24, 2.45) is 0 Å². The minimum Gasteiger partial charge on any atom is -0.493 e. The van der Waals surface area contributed by atoms with E-state index in [0.717, 1.165) is 23.7 Å². The van der Waals surface area contributed by atoms with Crippen LogP contribution in [-0.4, -0.2) is 14.2 Å². The molecule has 0 heterocycles. The monoisotopic (exact) mass is 271 g/mol. The number of anilines is 1. The molecular weight excluding hydrogens is 250 g/mol. The van der Waals surface area contributed by atoms with Crippen LogP contribution in [0.3, 0.4) is 0 Å². The van der Waals surface area contributed by atoms with Crippen molar-refractivity contribution in [3.8, 4) is 11.5 Å². The van der Waals surface area contributed by atoms with Crippen LogP contribution in [-0.2, 0) is 6.54 Å². The summed E-state index contributed by atoms with van der Waals surface area (Å²) in [5, 5.41) is 3.42. The molecule has 0 fully saturated rings. The fourth-order valence-electron chi connectivity index (χ4n) is 2.13. The zero-order chi connectivity index (χ0) is 14.5. The van der Waals surface area contributed by atoms with Gasteiger partial charge in [-0.15, -0.1) is 0 Å². The van der Waals surface area contributed by atoms with E-state index >= 15 is 0 Å². The molecule has 0 radical (unpaired) electrons. The third-order valence-corrected chi connectivity index (χ3v) is 3.37. The van der Waals surface area contributed by atoms with E-state index < -0.39 is 0 Å². The Morgan fingerprint density at radius 1 is 0.900 bits per heavy atom. The lowest BCUT2D eigenvalue weighted by atomic mass is 10.1. The van der Waals surface area contributed by atoms with Gasteiger partial charge in [-0.2, -0.15) is 0 Å². The highest BCUT2D eigenvalue weighted by molar-refractivity contribution is 5.55. The second kappa shape index (κ2) is 6.33. The molecule has 1 N–H and O–H groups in total. The van der Waals surface area contributed by atoms with Gasteiger partial charge in [0.05, 0.1) is 14.2 Å². The standard InChI is InChI=1S/C17H21NO2/c1-12-5-6-13(2)14(9-12)11-18-15-7-8-16(19-3)17(10-15)20-4/h5-10,18H,11H2,1-4H3. The molecule has 2 rings (SSSR count). The highest BCUT2D eigenvalue weighted by atomic mass is 16.5. The molecule has 0 amide bonds. The first-order chi connectivity index (χ1) is 9.63. The van der Waals surface area contributed by atoms with Crippen LogP contribution in [0.4, 0.5) is 5.69 Å². The van der Waals surface area contributed by atoms with Gasteiger partial charge in [0.25, 0.3) is 0 Å². The molecule has 3 nitrogen and oxygen atoms in total. The number of aryl methyl sites for hydroxylation is 2. The largest absolute Gasteiger partial charge is 0.493 e. The summed E-state index contributed by atoms with van der Waals surface area (Å²) in [7, 11) is 3.29. The first-order valence-electron chi connectivity index (χ1n) is 6.66. The number of benzene rings is 2. The van der Waals surface area contributed by atoms with Crippen molar-refractivity contribution in [1.82, 2.24) is 0 Å². The maximum atomic E-state index is 5.31. The smallest absolute Gasteiger partial charge is 0.162 e. The van der Waals surface area contributed by atoms with E-state index in [2.05, 4.69) is 37.4 Å². The Kier molecular flexibility index (Phi) is 4.51. The zero-order valence-electron chi connectivity index (χ0n) is 12.5. The SMILES string of the molecule is COc1ccc(NCc2cc(C)ccc2C)cc1OC. The number of rotatable bonds is 5. The number of hydrogen-bond acceptors (Lipinski definition) is 3. The minimum absolute atomic E-state index is 0.735. The Labute approximate surface area is 120 Å². The van der Waals surface area contributed by atoms with Gasteiger partial charge in [-0.05, 0) is 37.1 Å². The molecule has 2 aromatic carbocycles. The maximum Gasteiger partial charge on any atom is 0.162 e. The van der Waals surface area contributed by atoms with Gasteiger partial charge in [-0.25, -0.2) is 0 Å². The lowest BCUT2D eigenvalue weighted by molar-refractivity contribution is 0.355. The topological polar surface area (TPSA) is 30.5 Å². The van der Waals surface area contributed by atoms with Crippen LogP contribution in [0.25, 0.3) is 0 Å². The number of nitrogens with one attached hydrogen (secondary N) is 1. The molecule has 0 aliphatic rings. The summed E-state index contributed by atoms with van der Waals surface area (Å²) < 4.78 is 10.5. The normalized spacial score (nSPS) is 10.2. The molecule has 0 bridgehead atoms. The van der Waals surface area contributed by atoms with Crippen LogP contribution >= 0.6 is 0 Å². The highest BCUT2D eigenvalue weighted by Crippen LogP contribution is 2.30. The second-order valence-corrected chi connectivity index (χ2v) is 4.85. The molecule has 0 atom stereocenters. The predicted molar refractivity (Wildman–Crippen MR) is 82.8 cm³/mol. The summed E-state index contributed by atoms with van der Waals surface area (Å²) >= 11 is 0. The molecule has 0 aliphatic carbocycles. The molecule has 0 aliphatic heterocycles. The van der Waals surface area contributed by atoms with Crippen molar-refractivity contribution in [2.75, 3.05) is 19.5 Å². The van der Waals surface area contributed by atoms with E-state index in [1.807, 2.05) is 18.2 Å². The fraction of sp³-hybridized carbons (Fsp3) is 0.294. The quantitative estimate of drug-likeness (QED) is 0.893. The van der Waals surface area contributed by atoms with Crippen molar-refractivity contribution in [1.29, 1.82) is 0 Å². The van der Waals surface area contributed by atoms with Gasteiger partial charge < -0.3 is 14.8 Å². The predicted octanol–water partition coefficient (Wildman–Crippen LogP) is 3.93. The van der Waals surface area contributed by atoms with Crippen molar-refractivity contribution < 1.29 is 9.47 Å². The van der Waals surface area contributed by atoms with Crippen molar-refractivity contribution in [3.63, 3.8) is 0 Å². The molecule has 3 heteroatoms. The Hall–Kier alpha value is -2.16. The van der Waals surface area contributed by atoms with Crippen LogP contribution < -0.4 is 14.8 Å². The maximum absolute atomic E-state index is 5.31. The average Bonchev–Trinajstić information content (AvgIpc) is 2.47. The Morgan fingerprint density at radius 3 is 2.35 bits per heavy atom. The lowest BCUT2D eigenvalue weighted by Gasteiger charge is -2.13. The van der Waals surface area contributed by atoms with Crippen LogP contribution in [0.5, 0.6) is 11.5 Å². The Morgan fingerprint density at radius 2 is 1.65 bits per heavy atom. The summed E-state index contributed by atoms with van der Waals surface area (Å²) in [6.07, 6.45) is 0. The van der Waals surface area contributed by atoms with Gasteiger partial charge in [0.2, 0.25) is 0 Å². The average molecular weight is 271 g/mol. The van der Waals surface area contributed by atoms with Crippen LogP contribution in [0, 0.1) is 13.8 Å². The third-order valence-electron chi connectivity index (χ3n) is 3.37. The molecule has 0 saturated heterocycles. The van der Waals surface area contributed by atoms with Crippen molar-refractivity contribution in [3.05, 3.63) is 53.1 Å². The van der Waals surface area contributed by atoms with Gasteiger partial charge in [-0.3, -0.25) is 0 Å². The number of hydrogen-bond donors (Lipinski definition) is 1. The van der Waals surface area contributed by atoms with E-state index in [9.17, 15) is 0 Å². The summed E-state index contributed by atoms with van der Waals surface area (Å²) in [5.41, 5.74) is 4.90. The number of methoxy groups -OCH3 is 2. The van der Waals surface area contributed by atoms with Crippen LogP contribution in [0.2, 0.25) is 0 Å². The van der Waals surface area contributed by atoms with Gasteiger partial charge in [0, 0.05) is 18.3 Å².